The largest absolute Gasteiger partial charge is 0.389 e. The van der Waals surface area contributed by atoms with Crippen LogP contribution in [0, 0.1) is 10.8 Å². The molecule has 0 unspecified atom stereocenters. The number of likely N-dealkylation sites (N-methyl/N-ethyl adjacent to an activating group) is 1. The number of likely N-dealkylation sites (tertiary alicyclic amines) is 1. The Labute approximate surface area is 182 Å². The third-order valence-electron chi connectivity index (χ3n) is 7.90. The second-order valence-electron chi connectivity index (χ2n) is 13.2. The van der Waals surface area contributed by atoms with Gasteiger partial charge in [-0.05, 0) is 71.3 Å². The van der Waals surface area contributed by atoms with Crippen LogP contribution in [-0.2, 0) is 0 Å². The molecule has 4 heteroatoms. The van der Waals surface area contributed by atoms with E-state index in [1.807, 2.05) is 0 Å². The van der Waals surface area contributed by atoms with E-state index in [4.69, 9.17) is 0 Å². The molecule has 0 aromatic rings. The molecule has 2 saturated heterocycles. The summed E-state index contributed by atoms with van der Waals surface area (Å²) in [6.07, 6.45) is 3.97. The van der Waals surface area contributed by atoms with Gasteiger partial charge >= 0.3 is 0 Å². The maximum absolute atomic E-state index is 11.8. The highest BCUT2D eigenvalue weighted by molar-refractivity contribution is 5.03. The van der Waals surface area contributed by atoms with Crippen LogP contribution in [0.3, 0.4) is 0 Å². The van der Waals surface area contributed by atoms with E-state index in [1.165, 1.54) is 6.42 Å². The van der Waals surface area contributed by atoms with Crippen LogP contribution in [0.1, 0.15) is 88.0 Å². The maximum atomic E-state index is 11.8. The van der Waals surface area contributed by atoms with Crippen LogP contribution in [0.2, 0.25) is 0 Å². The molecule has 0 aliphatic carbocycles. The molecule has 0 radical (unpaired) electrons. The zero-order valence-electron chi connectivity index (χ0n) is 21.4. The van der Waals surface area contributed by atoms with Crippen molar-refractivity contribution in [1.82, 2.24) is 14.7 Å². The number of hydrogen-bond acceptors (Lipinski definition) is 4. The summed E-state index contributed by atoms with van der Waals surface area (Å²) in [6, 6.07) is 0. The smallest absolute Gasteiger partial charge is 0.0723 e. The lowest BCUT2D eigenvalue weighted by Gasteiger charge is -2.55. The second kappa shape index (κ2) is 8.41. The summed E-state index contributed by atoms with van der Waals surface area (Å²) in [5.41, 5.74) is -0.0553. The van der Waals surface area contributed by atoms with Crippen LogP contribution < -0.4 is 0 Å². The first-order valence-corrected chi connectivity index (χ1v) is 11.9. The molecule has 0 amide bonds. The third-order valence-corrected chi connectivity index (χ3v) is 7.90. The highest BCUT2D eigenvalue weighted by atomic mass is 16.3. The van der Waals surface area contributed by atoms with Crippen molar-refractivity contribution in [1.29, 1.82) is 0 Å². The van der Waals surface area contributed by atoms with Gasteiger partial charge in [-0.25, -0.2) is 0 Å². The van der Waals surface area contributed by atoms with E-state index in [2.05, 4.69) is 84.1 Å². The van der Waals surface area contributed by atoms with Crippen LogP contribution in [0.15, 0.2) is 0 Å². The molecule has 2 rings (SSSR count). The summed E-state index contributed by atoms with van der Waals surface area (Å²) in [6.45, 7) is 27.7. The zero-order valence-corrected chi connectivity index (χ0v) is 21.4. The Hall–Kier alpha value is -0.160. The molecule has 1 N–H and O–H groups in total. The Balaban J connectivity index is 2.02. The Morgan fingerprint density at radius 3 is 1.52 bits per heavy atom. The highest BCUT2D eigenvalue weighted by Crippen LogP contribution is 2.47. The average molecular weight is 410 g/mol. The first-order chi connectivity index (χ1) is 13.0. The lowest BCUT2D eigenvalue weighted by Crippen LogP contribution is -2.61. The minimum Gasteiger partial charge on any atom is -0.389 e. The van der Waals surface area contributed by atoms with E-state index >= 15 is 0 Å². The van der Waals surface area contributed by atoms with Gasteiger partial charge in [-0.3, -0.25) is 9.80 Å². The van der Waals surface area contributed by atoms with Crippen molar-refractivity contribution in [2.45, 2.75) is 105 Å². The van der Waals surface area contributed by atoms with E-state index in [1.54, 1.807) is 0 Å². The Bertz CT molecular complexity index is 531. The molecule has 0 aromatic carbocycles. The average Bonchev–Trinajstić information content (AvgIpc) is 2.52. The predicted octanol–water partition coefficient (Wildman–Crippen LogP) is 4.47. The Morgan fingerprint density at radius 1 is 0.655 bits per heavy atom. The van der Waals surface area contributed by atoms with Gasteiger partial charge in [-0.2, -0.15) is 0 Å². The molecule has 2 heterocycles. The summed E-state index contributed by atoms with van der Waals surface area (Å²) < 4.78 is 0. The molecule has 29 heavy (non-hydrogen) atoms. The molecule has 0 aromatic heterocycles. The van der Waals surface area contributed by atoms with E-state index in [0.29, 0.717) is 5.41 Å². The van der Waals surface area contributed by atoms with Gasteiger partial charge in [0.15, 0.2) is 0 Å². The number of hydrogen-bond donors (Lipinski definition) is 1. The summed E-state index contributed by atoms with van der Waals surface area (Å²) in [7, 11) is 2.21. The second-order valence-corrected chi connectivity index (χ2v) is 13.2. The minimum atomic E-state index is -0.578. The summed E-state index contributed by atoms with van der Waals surface area (Å²) >= 11 is 0. The third kappa shape index (κ3) is 6.18. The van der Waals surface area contributed by atoms with Crippen molar-refractivity contribution < 1.29 is 5.11 Å². The standard InChI is InChI=1S/C25H51N3O/c1-21(2,3)19-23(6,7)27-13-11-25(29,12-14-27)22(4,5)20-24(8,9)28-17-15-26(10)16-18-28/h29H,11-20H2,1-10H3. The summed E-state index contributed by atoms with van der Waals surface area (Å²) in [5.74, 6) is 0. The number of rotatable bonds is 6. The molecule has 2 aliphatic rings. The van der Waals surface area contributed by atoms with Crippen molar-refractivity contribution >= 4 is 0 Å². The van der Waals surface area contributed by atoms with Crippen molar-refractivity contribution in [2.24, 2.45) is 10.8 Å². The fourth-order valence-corrected chi connectivity index (χ4v) is 6.34. The van der Waals surface area contributed by atoms with Gasteiger partial charge in [0, 0.05) is 50.3 Å². The molecular formula is C25H51N3O. The lowest BCUT2D eigenvalue weighted by molar-refractivity contribution is -0.136. The molecule has 0 saturated carbocycles. The molecule has 172 valence electrons. The topological polar surface area (TPSA) is 30.0 Å². The van der Waals surface area contributed by atoms with Crippen molar-refractivity contribution in [2.75, 3.05) is 46.3 Å². The first kappa shape index (κ1) is 25.1. The lowest BCUT2D eigenvalue weighted by atomic mass is 9.63. The van der Waals surface area contributed by atoms with Crippen molar-refractivity contribution in [3.8, 4) is 0 Å². The molecule has 2 fully saturated rings. The summed E-state index contributed by atoms with van der Waals surface area (Å²) in [4.78, 5) is 7.68. The van der Waals surface area contributed by atoms with Gasteiger partial charge < -0.3 is 10.0 Å². The van der Waals surface area contributed by atoms with Gasteiger partial charge in [-0.1, -0.05) is 34.6 Å². The number of nitrogens with zero attached hydrogens (tertiary/aromatic N) is 3. The first-order valence-electron chi connectivity index (χ1n) is 11.9. The van der Waals surface area contributed by atoms with E-state index in [-0.39, 0.29) is 16.5 Å². The van der Waals surface area contributed by atoms with Crippen molar-refractivity contribution in [3.05, 3.63) is 0 Å². The molecule has 0 spiro atoms. The highest BCUT2D eigenvalue weighted by Gasteiger charge is 2.50. The normalized spacial score (nSPS) is 24.1. The van der Waals surface area contributed by atoms with Crippen molar-refractivity contribution in [3.63, 3.8) is 0 Å². The number of piperazine rings is 1. The maximum Gasteiger partial charge on any atom is 0.0723 e. The van der Waals surface area contributed by atoms with Gasteiger partial charge in [-0.15, -0.1) is 0 Å². The van der Waals surface area contributed by atoms with Crippen LogP contribution in [0.4, 0.5) is 0 Å². The fraction of sp³-hybridized carbons (Fsp3) is 1.00. The Morgan fingerprint density at radius 2 is 1.07 bits per heavy atom. The molecule has 4 nitrogen and oxygen atoms in total. The summed E-state index contributed by atoms with van der Waals surface area (Å²) in [5, 5.41) is 11.8. The fourth-order valence-electron chi connectivity index (χ4n) is 6.34. The van der Waals surface area contributed by atoms with E-state index in [9.17, 15) is 5.11 Å². The van der Waals surface area contributed by atoms with Gasteiger partial charge in [0.05, 0.1) is 5.60 Å². The minimum absolute atomic E-state index is 0.0971. The molecule has 2 aliphatic heterocycles. The van der Waals surface area contributed by atoms with Crippen LogP contribution in [0.5, 0.6) is 0 Å². The molecular weight excluding hydrogens is 358 g/mol. The van der Waals surface area contributed by atoms with E-state index < -0.39 is 5.60 Å². The number of piperidine rings is 1. The molecule has 0 atom stereocenters. The van der Waals surface area contributed by atoms with E-state index in [0.717, 1.165) is 58.5 Å². The van der Waals surface area contributed by atoms with Crippen LogP contribution in [0.25, 0.3) is 0 Å². The zero-order chi connectivity index (χ0) is 22.3. The Kier molecular flexibility index (Phi) is 7.28. The van der Waals surface area contributed by atoms with Crippen LogP contribution in [-0.4, -0.2) is 82.8 Å². The quantitative estimate of drug-likeness (QED) is 0.701. The predicted molar refractivity (Wildman–Crippen MR) is 125 cm³/mol. The molecule has 0 bridgehead atoms. The van der Waals surface area contributed by atoms with Gasteiger partial charge in [0.1, 0.15) is 0 Å². The SMILES string of the molecule is CN1CCN(C(C)(C)CC(C)(C)C2(O)CCN(C(C)(C)CC(C)(C)C)CC2)CC1. The van der Waals surface area contributed by atoms with Gasteiger partial charge in [0.2, 0.25) is 0 Å². The van der Waals surface area contributed by atoms with Gasteiger partial charge in [0.25, 0.3) is 0 Å². The monoisotopic (exact) mass is 409 g/mol. The van der Waals surface area contributed by atoms with Crippen LogP contribution >= 0.6 is 0 Å². The number of aliphatic hydroxyl groups is 1.